The third-order valence-electron chi connectivity index (χ3n) is 6.85. The molecular formula is C29H26N3+. The van der Waals surface area contributed by atoms with Crippen LogP contribution in [0.3, 0.4) is 0 Å². The van der Waals surface area contributed by atoms with E-state index in [2.05, 4.69) is 110 Å². The molecule has 0 aliphatic rings. The van der Waals surface area contributed by atoms with Crippen LogP contribution in [0.2, 0.25) is 0 Å². The molecule has 0 saturated carbocycles. The molecule has 0 atom stereocenters. The van der Waals surface area contributed by atoms with Crippen molar-refractivity contribution < 1.29 is 4.40 Å². The van der Waals surface area contributed by atoms with Crippen LogP contribution in [0.4, 0.5) is 0 Å². The van der Waals surface area contributed by atoms with Crippen molar-refractivity contribution in [2.45, 2.75) is 27.7 Å². The fourth-order valence-electron chi connectivity index (χ4n) is 5.49. The van der Waals surface area contributed by atoms with E-state index in [0.717, 1.165) is 11.2 Å². The number of benzene rings is 3. The Morgan fingerprint density at radius 3 is 2.28 bits per heavy atom. The van der Waals surface area contributed by atoms with Gasteiger partial charge in [-0.25, -0.2) is 4.57 Å². The smallest absolute Gasteiger partial charge is 0.252 e. The zero-order valence-electron chi connectivity index (χ0n) is 19.2. The zero-order valence-corrected chi connectivity index (χ0v) is 19.2. The van der Waals surface area contributed by atoms with Gasteiger partial charge in [0.15, 0.2) is 11.0 Å². The van der Waals surface area contributed by atoms with Crippen molar-refractivity contribution in [1.29, 1.82) is 0 Å². The fourth-order valence-corrected chi connectivity index (χ4v) is 5.49. The second kappa shape index (κ2) is 6.64. The van der Waals surface area contributed by atoms with Gasteiger partial charge in [-0.3, -0.25) is 4.98 Å². The van der Waals surface area contributed by atoms with Gasteiger partial charge in [0.2, 0.25) is 0 Å². The van der Waals surface area contributed by atoms with Crippen LogP contribution in [0.5, 0.6) is 0 Å². The summed E-state index contributed by atoms with van der Waals surface area (Å²) in [7, 11) is 2.18. The van der Waals surface area contributed by atoms with E-state index in [0.29, 0.717) is 0 Å². The molecule has 32 heavy (non-hydrogen) atoms. The lowest BCUT2D eigenvalue weighted by Crippen LogP contribution is -2.23. The van der Waals surface area contributed by atoms with Gasteiger partial charge in [0.1, 0.15) is 5.52 Å². The Bertz CT molecular complexity index is 1700. The van der Waals surface area contributed by atoms with Crippen molar-refractivity contribution in [3.8, 4) is 11.1 Å². The SMILES string of the molecule is Cc1cc(C)c2c(n1)c1ccccc1[n+]1c3ccc(-c4c(C)cccc4C)cc3n(C)c21. The quantitative estimate of drug-likeness (QED) is 0.221. The number of fused-ring (bicyclic) bond motifs is 8. The predicted molar refractivity (Wildman–Crippen MR) is 133 cm³/mol. The van der Waals surface area contributed by atoms with Crippen molar-refractivity contribution in [3.05, 3.63) is 89.1 Å². The summed E-state index contributed by atoms with van der Waals surface area (Å²) in [5, 5.41) is 2.42. The van der Waals surface area contributed by atoms with E-state index in [1.165, 1.54) is 60.8 Å². The lowest BCUT2D eigenvalue weighted by Gasteiger charge is -2.09. The first-order valence-electron chi connectivity index (χ1n) is 11.1. The predicted octanol–water partition coefficient (Wildman–Crippen LogP) is 6.52. The summed E-state index contributed by atoms with van der Waals surface area (Å²) in [4.78, 5) is 4.99. The molecule has 156 valence electrons. The largest absolute Gasteiger partial charge is 0.297 e. The minimum atomic E-state index is 1.06. The van der Waals surface area contributed by atoms with E-state index >= 15 is 0 Å². The first-order valence-corrected chi connectivity index (χ1v) is 11.1. The van der Waals surface area contributed by atoms with Crippen LogP contribution >= 0.6 is 0 Å². The molecule has 0 radical (unpaired) electrons. The zero-order chi connectivity index (χ0) is 22.1. The number of hydrogen-bond donors (Lipinski definition) is 0. The summed E-state index contributed by atoms with van der Waals surface area (Å²) in [5.74, 6) is 0. The lowest BCUT2D eigenvalue weighted by molar-refractivity contribution is -0.449. The first-order chi connectivity index (χ1) is 15.5. The molecule has 3 heteroatoms. The van der Waals surface area contributed by atoms with Crippen LogP contribution in [-0.4, -0.2) is 9.55 Å². The molecular weight excluding hydrogens is 390 g/mol. The normalized spacial score (nSPS) is 11.9. The van der Waals surface area contributed by atoms with Gasteiger partial charge < -0.3 is 0 Å². The molecule has 6 aromatic rings. The number of aryl methyl sites for hydroxylation is 5. The molecule has 3 aromatic heterocycles. The molecule has 0 bridgehead atoms. The summed E-state index contributed by atoms with van der Waals surface area (Å²) < 4.78 is 4.75. The molecule has 0 saturated heterocycles. The van der Waals surface area contributed by atoms with Gasteiger partial charge in [-0.2, -0.15) is 4.40 Å². The average molecular weight is 417 g/mol. The molecule has 0 spiro atoms. The topological polar surface area (TPSA) is 21.9 Å². The molecule has 6 rings (SSSR count). The lowest BCUT2D eigenvalue weighted by atomic mass is 9.95. The highest BCUT2D eigenvalue weighted by Crippen LogP contribution is 2.33. The summed E-state index contributed by atoms with van der Waals surface area (Å²) in [6, 6.07) is 24.2. The summed E-state index contributed by atoms with van der Waals surface area (Å²) in [5.41, 5.74) is 13.4. The molecule has 0 aliphatic heterocycles. The molecule has 3 heterocycles. The summed E-state index contributed by atoms with van der Waals surface area (Å²) >= 11 is 0. The van der Waals surface area contributed by atoms with Crippen LogP contribution in [0.1, 0.15) is 22.4 Å². The van der Waals surface area contributed by atoms with E-state index < -0.39 is 0 Å². The van der Waals surface area contributed by atoms with E-state index in [1.807, 2.05) is 0 Å². The molecule has 0 unspecified atom stereocenters. The average Bonchev–Trinajstić information content (AvgIpc) is 3.06. The maximum Gasteiger partial charge on any atom is 0.297 e. The van der Waals surface area contributed by atoms with Gasteiger partial charge in [-0.15, -0.1) is 0 Å². The van der Waals surface area contributed by atoms with Gasteiger partial charge >= 0.3 is 0 Å². The second-order valence-electron chi connectivity index (χ2n) is 9.01. The number of rotatable bonds is 1. The Labute approximate surface area is 187 Å². The second-order valence-corrected chi connectivity index (χ2v) is 9.01. The molecule has 3 aromatic carbocycles. The number of pyridine rings is 2. The molecule has 3 nitrogen and oxygen atoms in total. The van der Waals surface area contributed by atoms with Gasteiger partial charge in [0.25, 0.3) is 5.65 Å². The number of imidazole rings is 1. The highest BCUT2D eigenvalue weighted by Gasteiger charge is 2.25. The van der Waals surface area contributed by atoms with Crippen molar-refractivity contribution >= 4 is 38.5 Å². The minimum Gasteiger partial charge on any atom is -0.252 e. The van der Waals surface area contributed by atoms with Crippen molar-refractivity contribution in [3.63, 3.8) is 0 Å². The highest BCUT2D eigenvalue weighted by atomic mass is 15.1. The van der Waals surface area contributed by atoms with Gasteiger partial charge in [-0.05, 0) is 91.9 Å². The fraction of sp³-hybridized carbons (Fsp3) is 0.172. The van der Waals surface area contributed by atoms with E-state index in [1.54, 1.807) is 0 Å². The van der Waals surface area contributed by atoms with E-state index in [-0.39, 0.29) is 0 Å². The number of aromatic nitrogens is 3. The first kappa shape index (κ1) is 19.0. The van der Waals surface area contributed by atoms with Crippen molar-refractivity contribution in [1.82, 2.24) is 9.55 Å². The third-order valence-corrected chi connectivity index (χ3v) is 6.85. The number of hydrogen-bond acceptors (Lipinski definition) is 1. The maximum absolute atomic E-state index is 4.99. The van der Waals surface area contributed by atoms with Crippen LogP contribution in [0.15, 0.2) is 66.7 Å². The Morgan fingerprint density at radius 1 is 0.750 bits per heavy atom. The summed E-state index contributed by atoms with van der Waals surface area (Å²) in [6.45, 7) is 8.67. The monoisotopic (exact) mass is 416 g/mol. The van der Waals surface area contributed by atoms with Gasteiger partial charge in [-0.1, -0.05) is 30.3 Å². The summed E-state index contributed by atoms with van der Waals surface area (Å²) in [6.07, 6.45) is 0. The van der Waals surface area contributed by atoms with E-state index in [9.17, 15) is 0 Å². The van der Waals surface area contributed by atoms with Crippen LogP contribution in [0, 0.1) is 27.7 Å². The Morgan fingerprint density at radius 2 is 1.50 bits per heavy atom. The van der Waals surface area contributed by atoms with Crippen LogP contribution in [-0.2, 0) is 7.05 Å². The van der Waals surface area contributed by atoms with Crippen LogP contribution in [0.25, 0.3) is 49.6 Å². The standard InChI is InChI=1S/C29H26N3/c1-17-9-8-10-18(2)26(17)21-13-14-24-25(16-21)31(5)29-27-19(3)15-20(4)30-28(27)22-11-6-7-12-23(22)32(24)29/h6-16H,1-5H3/q+1. The van der Waals surface area contributed by atoms with Crippen LogP contribution < -0.4 is 4.40 Å². The Kier molecular flexibility index (Phi) is 3.94. The Hall–Kier alpha value is -3.72. The van der Waals surface area contributed by atoms with Crippen molar-refractivity contribution in [2.75, 3.05) is 0 Å². The van der Waals surface area contributed by atoms with Gasteiger partial charge in [0, 0.05) is 11.1 Å². The third kappa shape index (κ3) is 2.48. The van der Waals surface area contributed by atoms with Crippen molar-refractivity contribution in [2.24, 2.45) is 7.05 Å². The number of para-hydroxylation sites is 1. The Balaban J connectivity index is 1.84. The molecule has 0 aliphatic carbocycles. The molecule has 0 fully saturated rings. The van der Waals surface area contributed by atoms with Gasteiger partial charge in [0.05, 0.1) is 18.0 Å². The highest BCUT2D eigenvalue weighted by molar-refractivity contribution is 6.09. The molecule has 0 amide bonds. The molecule has 0 N–H and O–H groups in total. The number of nitrogens with zero attached hydrogens (tertiary/aromatic N) is 3. The van der Waals surface area contributed by atoms with E-state index in [4.69, 9.17) is 4.98 Å². The maximum atomic E-state index is 4.99. The minimum absolute atomic E-state index is 1.06.